The van der Waals surface area contributed by atoms with Crippen LogP contribution in [0, 0.1) is 0 Å². The van der Waals surface area contributed by atoms with Crippen molar-refractivity contribution >= 4 is 33.4 Å². The van der Waals surface area contributed by atoms with Crippen LogP contribution >= 0.6 is 15.9 Å². The van der Waals surface area contributed by atoms with E-state index < -0.39 is 5.79 Å². The number of hydrogen-bond donors (Lipinski definition) is 1. The molecule has 2 N–H and O–H groups in total. The van der Waals surface area contributed by atoms with Crippen molar-refractivity contribution < 1.29 is 18.9 Å². The van der Waals surface area contributed by atoms with E-state index in [1.807, 2.05) is 49.4 Å². The van der Waals surface area contributed by atoms with E-state index in [-0.39, 0.29) is 12.1 Å². The van der Waals surface area contributed by atoms with Gasteiger partial charge in [0.15, 0.2) is 0 Å². The standard InChI is InChI=1S/C29H33BrN8O4/c1-2-39-27-15-26(34-28(31)35-27)37-12-10-36(11-13-37)23-4-3-5-24(14-23)40-16-25-17-41-29(42-25,18-38-20-32-19-33-38)21-6-8-22(30)9-7-21/h3-9,14-15,19-20,25H,2,10-13,16-18H2,1H3,(H2,31,34,35). The van der Waals surface area contributed by atoms with E-state index in [1.165, 1.54) is 6.33 Å². The van der Waals surface area contributed by atoms with E-state index in [0.29, 0.717) is 32.2 Å². The van der Waals surface area contributed by atoms with Crippen LogP contribution < -0.4 is 25.0 Å². The molecule has 2 saturated heterocycles. The molecule has 6 rings (SSSR count). The predicted molar refractivity (Wildman–Crippen MR) is 161 cm³/mol. The highest BCUT2D eigenvalue weighted by Crippen LogP contribution is 2.37. The average molecular weight is 638 g/mol. The van der Waals surface area contributed by atoms with Crippen LogP contribution in [0.15, 0.2) is 71.7 Å². The molecule has 4 heterocycles. The van der Waals surface area contributed by atoms with Gasteiger partial charge in [-0.1, -0.05) is 34.1 Å². The molecule has 12 nitrogen and oxygen atoms in total. The molecule has 4 aromatic rings. The van der Waals surface area contributed by atoms with Crippen LogP contribution in [-0.2, 0) is 21.8 Å². The number of anilines is 3. The van der Waals surface area contributed by atoms with Gasteiger partial charge in [-0.25, -0.2) is 9.67 Å². The minimum atomic E-state index is -0.984. The number of benzene rings is 2. The predicted octanol–water partition coefficient (Wildman–Crippen LogP) is 3.49. The molecular weight excluding hydrogens is 604 g/mol. The minimum absolute atomic E-state index is 0.215. The van der Waals surface area contributed by atoms with Gasteiger partial charge in [0.25, 0.3) is 0 Å². The Bertz CT molecular complexity index is 1470. The second-order valence-corrected chi connectivity index (χ2v) is 11.0. The van der Waals surface area contributed by atoms with Crippen LogP contribution in [0.25, 0.3) is 0 Å². The minimum Gasteiger partial charge on any atom is -0.491 e. The maximum absolute atomic E-state index is 6.51. The van der Waals surface area contributed by atoms with Crippen molar-refractivity contribution in [1.82, 2.24) is 24.7 Å². The topological polar surface area (TPSA) is 126 Å². The molecule has 2 aliphatic rings. The second kappa shape index (κ2) is 12.5. The number of piperazine rings is 1. The van der Waals surface area contributed by atoms with Gasteiger partial charge in [-0.3, -0.25) is 0 Å². The van der Waals surface area contributed by atoms with Gasteiger partial charge < -0.3 is 34.5 Å². The third kappa shape index (κ3) is 6.42. The highest BCUT2D eigenvalue weighted by Gasteiger charge is 2.44. The monoisotopic (exact) mass is 636 g/mol. The first-order valence-corrected chi connectivity index (χ1v) is 14.7. The zero-order chi connectivity index (χ0) is 28.9. The van der Waals surface area contributed by atoms with Gasteiger partial charge in [-0.15, -0.1) is 0 Å². The normalized spacial score (nSPS) is 20.6. The van der Waals surface area contributed by atoms with Gasteiger partial charge in [-0.2, -0.15) is 15.1 Å². The quantitative estimate of drug-likeness (QED) is 0.275. The van der Waals surface area contributed by atoms with E-state index in [4.69, 9.17) is 24.7 Å². The molecule has 2 aromatic carbocycles. The molecule has 2 atom stereocenters. The first kappa shape index (κ1) is 28.2. The molecule has 2 aliphatic heterocycles. The van der Waals surface area contributed by atoms with Gasteiger partial charge >= 0.3 is 0 Å². The third-order valence-corrected chi connectivity index (χ3v) is 7.73. The Kier molecular flexibility index (Phi) is 8.40. The van der Waals surface area contributed by atoms with Gasteiger partial charge in [0.1, 0.15) is 43.5 Å². The zero-order valence-corrected chi connectivity index (χ0v) is 24.9. The molecule has 0 aliphatic carbocycles. The number of nitrogens with two attached hydrogens (primary N) is 1. The summed E-state index contributed by atoms with van der Waals surface area (Å²) in [7, 11) is 0. The third-order valence-electron chi connectivity index (χ3n) is 7.20. The maximum Gasteiger partial charge on any atom is 0.225 e. The van der Waals surface area contributed by atoms with Crippen LogP contribution in [0.3, 0.4) is 0 Å². The van der Waals surface area contributed by atoms with E-state index in [1.54, 1.807) is 11.0 Å². The molecule has 2 fully saturated rings. The number of ether oxygens (including phenoxy) is 4. The first-order valence-electron chi connectivity index (χ1n) is 13.9. The van der Waals surface area contributed by atoms with Gasteiger partial charge in [-0.05, 0) is 31.2 Å². The number of nitrogens with zero attached hydrogens (tertiary/aromatic N) is 7. The smallest absolute Gasteiger partial charge is 0.225 e. The Morgan fingerprint density at radius 1 is 1.02 bits per heavy atom. The fourth-order valence-electron chi connectivity index (χ4n) is 5.17. The van der Waals surface area contributed by atoms with E-state index in [9.17, 15) is 0 Å². The summed E-state index contributed by atoms with van der Waals surface area (Å²) in [5.74, 6) is 1.29. The summed E-state index contributed by atoms with van der Waals surface area (Å²) in [5.41, 5.74) is 7.91. The molecular formula is C29H33BrN8O4. The number of aromatic nitrogens is 5. The summed E-state index contributed by atoms with van der Waals surface area (Å²) in [4.78, 5) is 17.2. The number of rotatable bonds is 10. The molecule has 220 valence electrons. The Balaban J connectivity index is 1.07. The van der Waals surface area contributed by atoms with Crippen molar-refractivity contribution in [3.8, 4) is 11.6 Å². The summed E-state index contributed by atoms with van der Waals surface area (Å²) in [5, 5.41) is 4.26. The van der Waals surface area contributed by atoms with Gasteiger partial charge in [0, 0.05) is 54.0 Å². The lowest BCUT2D eigenvalue weighted by Crippen LogP contribution is -2.46. The molecule has 13 heteroatoms. The van der Waals surface area contributed by atoms with Gasteiger partial charge in [0.05, 0.1) is 13.2 Å². The van der Waals surface area contributed by atoms with Crippen molar-refractivity contribution in [1.29, 1.82) is 0 Å². The summed E-state index contributed by atoms with van der Waals surface area (Å²) >= 11 is 3.50. The molecule has 2 aromatic heterocycles. The zero-order valence-electron chi connectivity index (χ0n) is 23.3. The van der Waals surface area contributed by atoms with Crippen LogP contribution in [0.4, 0.5) is 17.5 Å². The molecule has 2 unspecified atom stereocenters. The fourth-order valence-corrected chi connectivity index (χ4v) is 5.44. The summed E-state index contributed by atoms with van der Waals surface area (Å²) in [6.07, 6.45) is 2.90. The Morgan fingerprint density at radius 3 is 2.60 bits per heavy atom. The second-order valence-electron chi connectivity index (χ2n) is 10.0. The lowest BCUT2D eigenvalue weighted by Gasteiger charge is -2.36. The van der Waals surface area contributed by atoms with Crippen molar-refractivity contribution in [2.24, 2.45) is 0 Å². The summed E-state index contributed by atoms with van der Waals surface area (Å²) in [6, 6.07) is 17.9. The number of hydrogen-bond acceptors (Lipinski definition) is 11. The van der Waals surface area contributed by atoms with Crippen molar-refractivity contribution in [2.45, 2.75) is 25.4 Å². The number of nitrogen functional groups attached to an aromatic ring is 1. The summed E-state index contributed by atoms with van der Waals surface area (Å²) in [6.45, 7) is 6.81. The van der Waals surface area contributed by atoms with Crippen molar-refractivity contribution in [3.63, 3.8) is 0 Å². The molecule has 0 radical (unpaired) electrons. The maximum atomic E-state index is 6.51. The Hall–Kier alpha value is -3.94. The lowest BCUT2D eigenvalue weighted by atomic mass is 10.1. The molecule has 42 heavy (non-hydrogen) atoms. The van der Waals surface area contributed by atoms with Crippen molar-refractivity contribution in [3.05, 3.63) is 77.3 Å². The first-order chi connectivity index (χ1) is 20.5. The van der Waals surface area contributed by atoms with Crippen LogP contribution in [0.5, 0.6) is 11.6 Å². The molecule has 0 spiro atoms. The Morgan fingerprint density at radius 2 is 1.83 bits per heavy atom. The summed E-state index contributed by atoms with van der Waals surface area (Å²) < 4.78 is 27.2. The van der Waals surface area contributed by atoms with Crippen LogP contribution in [0.1, 0.15) is 12.5 Å². The number of halogens is 1. The lowest BCUT2D eigenvalue weighted by molar-refractivity contribution is -0.190. The molecule has 0 amide bonds. The highest BCUT2D eigenvalue weighted by molar-refractivity contribution is 9.10. The van der Waals surface area contributed by atoms with E-state index >= 15 is 0 Å². The average Bonchev–Trinajstić information content (AvgIpc) is 3.67. The molecule has 0 bridgehead atoms. The molecule has 0 saturated carbocycles. The van der Waals surface area contributed by atoms with Crippen LogP contribution in [-0.4, -0.2) is 76.8 Å². The van der Waals surface area contributed by atoms with Gasteiger partial charge in [0.2, 0.25) is 17.6 Å². The SMILES string of the molecule is CCOc1cc(N2CCN(c3cccc(OCC4COC(Cn5cncn5)(c5ccc(Br)cc5)O4)c3)CC2)nc(N)n1. The Labute approximate surface area is 252 Å². The highest BCUT2D eigenvalue weighted by atomic mass is 79.9. The van der Waals surface area contributed by atoms with E-state index in [2.05, 4.69) is 57.9 Å². The fraction of sp³-hybridized carbons (Fsp3) is 0.379. The largest absolute Gasteiger partial charge is 0.491 e. The van der Waals surface area contributed by atoms with E-state index in [0.717, 1.165) is 53.5 Å². The van der Waals surface area contributed by atoms with Crippen molar-refractivity contribution in [2.75, 3.05) is 61.5 Å². The van der Waals surface area contributed by atoms with Crippen LogP contribution in [0.2, 0.25) is 0 Å².